The minimum atomic E-state index is 0.138. The molecular formula is C14H13ClINO2. The smallest absolute Gasteiger partial charge is 0.160 e. The van der Waals surface area contributed by atoms with E-state index < -0.39 is 0 Å². The quantitative estimate of drug-likeness (QED) is 0.767. The van der Waals surface area contributed by atoms with E-state index in [0.717, 1.165) is 14.8 Å². The molecule has 0 atom stereocenters. The van der Waals surface area contributed by atoms with Crippen LogP contribution in [0.15, 0.2) is 36.4 Å². The van der Waals surface area contributed by atoms with Crippen molar-refractivity contribution in [3.63, 3.8) is 0 Å². The van der Waals surface area contributed by atoms with Gasteiger partial charge in [0.2, 0.25) is 0 Å². The van der Waals surface area contributed by atoms with Gasteiger partial charge in [-0.1, -0.05) is 17.7 Å². The molecule has 0 aliphatic rings. The molecule has 3 nitrogen and oxygen atoms in total. The van der Waals surface area contributed by atoms with Gasteiger partial charge in [0.05, 0.1) is 17.8 Å². The lowest BCUT2D eigenvalue weighted by molar-refractivity contribution is 0.373. The zero-order valence-corrected chi connectivity index (χ0v) is 13.2. The van der Waals surface area contributed by atoms with Gasteiger partial charge in [0, 0.05) is 10.1 Å². The van der Waals surface area contributed by atoms with Crippen LogP contribution in [0.3, 0.4) is 0 Å². The van der Waals surface area contributed by atoms with Gasteiger partial charge in [-0.3, -0.25) is 0 Å². The van der Waals surface area contributed by atoms with Crippen LogP contribution in [-0.2, 0) is 6.54 Å². The first kappa shape index (κ1) is 14.3. The Morgan fingerprint density at radius 1 is 1.26 bits per heavy atom. The number of phenolic OH excluding ortho intramolecular Hbond substituents is 1. The van der Waals surface area contributed by atoms with E-state index in [9.17, 15) is 5.11 Å². The lowest BCUT2D eigenvalue weighted by Gasteiger charge is -2.10. The van der Waals surface area contributed by atoms with Crippen LogP contribution in [0, 0.1) is 3.57 Å². The largest absolute Gasteiger partial charge is 0.504 e. The van der Waals surface area contributed by atoms with Crippen LogP contribution in [0.1, 0.15) is 5.56 Å². The fraction of sp³-hybridized carbons (Fsp3) is 0.143. The molecule has 0 spiro atoms. The number of hydrogen-bond acceptors (Lipinski definition) is 3. The molecule has 0 radical (unpaired) electrons. The Kier molecular flexibility index (Phi) is 4.76. The fourth-order valence-electron chi connectivity index (χ4n) is 1.66. The summed E-state index contributed by atoms with van der Waals surface area (Å²) in [5, 5.41) is 13.5. The Bertz CT molecular complexity index is 590. The topological polar surface area (TPSA) is 41.5 Å². The predicted molar refractivity (Wildman–Crippen MR) is 86.2 cm³/mol. The van der Waals surface area contributed by atoms with E-state index in [4.69, 9.17) is 16.3 Å². The highest BCUT2D eigenvalue weighted by Crippen LogP contribution is 2.28. The molecular weight excluding hydrogens is 377 g/mol. The number of methoxy groups -OCH3 is 1. The molecule has 5 heteroatoms. The number of phenols is 1. The highest BCUT2D eigenvalue weighted by Gasteiger charge is 2.04. The van der Waals surface area contributed by atoms with Gasteiger partial charge in [0.15, 0.2) is 11.5 Å². The predicted octanol–water partition coefficient (Wildman–Crippen LogP) is 4.27. The fourth-order valence-corrected chi connectivity index (χ4v) is 2.58. The summed E-state index contributed by atoms with van der Waals surface area (Å²) in [7, 11) is 1.53. The first-order chi connectivity index (χ1) is 9.10. The van der Waals surface area contributed by atoms with Gasteiger partial charge in [0.25, 0.3) is 0 Å². The molecule has 0 saturated carbocycles. The Balaban J connectivity index is 2.10. The average Bonchev–Trinajstić information content (AvgIpc) is 2.39. The van der Waals surface area contributed by atoms with E-state index in [1.54, 1.807) is 12.1 Å². The summed E-state index contributed by atoms with van der Waals surface area (Å²) >= 11 is 8.37. The summed E-state index contributed by atoms with van der Waals surface area (Å²) in [4.78, 5) is 0. The van der Waals surface area contributed by atoms with Gasteiger partial charge in [-0.2, -0.15) is 0 Å². The number of nitrogens with one attached hydrogen (secondary N) is 1. The van der Waals surface area contributed by atoms with Crippen molar-refractivity contribution in [2.45, 2.75) is 6.54 Å². The molecule has 19 heavy (non-hydrogen) atoms. The highest BCUT2D eigenvalue weighted by atomic mass is 127. The van der Waals surface area contributed by atoms with Gasteiger partial charge >= 0.3 is 0 Å². The molecule has 2 N–H and O–H groups in total. The van der Waals surface area contributed by atoms with Crippen LogP contribution in [-0.4, -0.2) is 12.2 Å². The molecule has 0 aromatic heterocycles. The van der Waals surface area contributed by atoms with E-state index in [-0.39, 0.29) is 5.75 Å². The van der Waals surface area contributed by atoms with Gasteiger partial charge in [-0.25, -0.2) is 0 Å². The second-order valence-corrected chi connectivity index (χ2v) is 5.64. The van der Waals surface area contributed by atoms with E-state index in [2.05, 4.69) is 27.9 Å². The standard InChI is InChI=1S/C14H13ClINO2/c1-19-14-6-9(2-5-13(14)18)8-17-12-4-3-10(16)7-11(12)15/h2-7,17-18H,8H2,1H3. The normalized spacial score (nSPS) is 10.3. The number of halogens is 2. The van der Waals surface area contributed by atoms with Crippen molar-refractivity contribution in [1.82, 2.24) is 0 Å². The summed E-state index contributed by atoms with van der Waals surface area (Å²) < 4.78 is 6.17. The number of anilines is 1. The van der Waals surface area contributed by atoms with Crippen LogP contribution in [0.5, 0.6) is 11.5 Å². The first-order valence-corrected chi connectivity index (χ1v) is 7.10. The maximum Gasteiger partial charge on any atom is 0.160 e. The SMILES string of the molecule is COc1cc(CNc2ccc(I)cc2Cl)ccc1O. The maximum atomic E-state index is 9.53. The van der Waals surface area contributed by atoms with Crippen LogP contribution in [0.4, 0.5) is 5.69 Å². The molecule has 2 rings (SSSR count). The molecule has 0 aliphatic carbocycles. The third kappa shape index (κ3) is 3.67. The Morgan fingerprint density at radius 3 is 2.74 bits per heavy atom. The number of hydrogen-bond donors (Lipinski definition) is 2. The summed E-state index contributed by atoms with van der Waals surface area (Å²) in [6.45, 7) is 0.608. The molecule has 2 aromatic rings. The second kappa shape index (κ2) is 6.34. The lowest BCUT2D eigenvalue weighted by Crippen LogP contribution is -2.00. The minimum absolute atomic E-state index is 0.138. The van der Waals surface area contributed by atoms with Gasteiger partial charge < -0.3 is 15.2 Å². The number of benzene rings is 2. The van der Waals surface area contributed by atoms with E-state index in [1.807, 2.05) is 24.3 Å². The third-order valence-electron chi connectivity index (χ3n) is 2.66. The molecule has 0 unspecified atom stereocenters. The average molecular weight is 390 g/mol. The molecule has 0 amide bonds. The lowest BCUT2D eigenvalue weighted by atomic mass is 10.2. The molecule has 2 aromatic carbocycles. The van der Waals surface area contributed by atoms with Crippen LogP contribution in [0.2, 0.25) is 5.02 Å². The second-order valence-electron chi connectivity index (χ2n) is 3.98. The molecule has 0 fully saturated rings. The Morgan fingerprint density at radius 2 is 2.05 bits per heavy atom. The van der Waals surface area contributed by atoms with Crippen molar-refractivity contribution in [2.75, 3.05) is 12.4 Å². The Hall–Kier alpha value is -1.14. The van der Waals surface area contributed by atoms with Crippen molar-refractivity contribution in [1.29, 1.82) is 0 Å². The van der Waals surface area contributed by atoms with Crippen LogP contribution in [0.25, 0.3) is 0 Å². The summed E-state index contributed by atoms with van der Waals surface area (Å²) in [5.41, 5.74) is 1.89. The first-order valence-electron chi connectivity index (χ1n) is 5.65. The number of ether oxygens (including phenoxy) is 1. The molecule has 100 valence electrons. The monoisotopic (exact) mass is 389 g/mol. The van der Waals surface area contributed by atoms with Crippen LogP contribution >= 0.6 is 34.2 Å². The van der Waals surface area contributed by atoms with Crippen molar-refractivity contribution >= 4 is 39.9 Å². The number of rotatable bonds is 4. The van der Waals surface area contributed by atoms with Crippen molar-refractivity contribution in [3.05, 3.63) is 50.6 Å². The third-order valence-corrected chi connectivity index (χ3v) is 3.64. The maximum absolute atomic E-state index is 9.53. The molecule has 0 heterocycles. The van der Waals surface area contributed by atoms with E-state index >= 15 is 0 Å². The minimum Gasteiger partial charge on any atom is -0.504 e. The summed E-state index contributed by atoms with van der Waals surface area (Å²) in [6, 6.07) is 11.1. The van der Waals surface area contributed by atoms with Crippen molar-refractivity contribution in [3.8, 4) is 11.5 Å². The van der Waals surface area contributed by atoms with Crippen molar-refractivity contribution in [2.24, 2.45) is 0 Å². The van der Waals surface area contributed by atoms with Gasteiger partial charge in [0.1, 0.15) is 0 Å². The highest BCUT2D eigenvalue weighted by molar-refractivity contribution is 14.1. The molecule has 0 bridgehead atoms. The van der Waals surface area contributed by atoms with Crippen molar-refractivity contribution < 1.29 is 9.84 Å². The number of aromatic hydroxyl groups is 1. The van der Waals surface area contributed by atoms with E-state index in [0.29, 0.717) is 17.3 Å². The molecule has 0 saturated heterocycles. The van der Waals surface area contributed by atoms with Crippen LogP contribution < -0.4 is 10.1 Å². The summed E-state index contributed by atoms with van der Waals surface area (Å²) in [5.74, 6) is 0.603. The zero-order chi connectivity index (χ0) is 13.8. The Labute approximate surface area is 130 Å². The summed E-state index contributed by atoms with van der Waals surface area (Å²) in [6.07, 6.45) is 0. The van der Waals surface area contributed by atoms with Gasteiger partial charge in [-0.05, 0) is 58.5 Å². The van der Waals surface area contributed by atoms with Gasteiger partial charge in [-0.15, -0.1) is 0 Å². The molecule has 0 aliphatic heterocycles. The zero-order valence-electron chi connectivity index (χ0n) is 10.3. The van der Waals surface area contributed by atoms with E-state index in [1.165, 1.54) is 7.11 Å².